The van der Waals surface area contributed by atoms with E-state index in [1.54, 1.807) is 18.2 Å². The second-order valence-corrected chi connectivity index (χ2v) is 5.83. The third-order valence-corrected chi connectivity index (χ3v) is 3.83. The van der Waals surface area contributed by atoms with Gasteiger partial charge in [-0.15, -0.1) is 0 Å². The minimum Gasteiger partial charge on any atom is -0.321 e. The Bertz CT molecular complexity index is 909. The molecule has 1 aromatic heterocycles. The van der Waals surface area contributed by atoms with Crippen molar-refractivity contribution < 1.29 is 4.79 Å². The van der Waals surface area contributed by atoms with E-state index in [2.05, 4.69) is 24.1 Å². The number of amides is 1. The summed E-state index contributed by atoms with van der Waals surface area (Å²) in [4.78, 5) is 27.0. The average Bonchev–Trinajstić information content (AvgIpc) is 2.55. The van der Waals surface area contributed by atoms with Crippen LogP contribution in [0, 0.1) is 0 Å². The van der Waals surface area contributed by atoms with Crippen LogP contribution in [0.5, 0.6) is 0 Å². The molecule has 4 heteroatoms. The molecule has 0 spiro atoms. The molecule has 0 atom stereocenters. The Labute approximate surface area is 134 Å². The van der Waals surface area contributed by atoms with Crippen molar-refractivity contribution >= 4 is 22.4 Å². The summed E-state index contributed by atoms with van der Waals surface area (Å²) in [5, 5.41) is 4.13. The number of hydrogen-bond donors (Lipinski definition) is 2. The fraction of sp³-hybridized carbons (Fsp3) is 0.158. The van der Waals surface area contributed by atoms with E-state index >= 15 is 0 Å². The Morgan fingerprint density at radius 1 is 1.04 bits per heavy atom. The van der Waals surface area contributed by atoms with Gasteiger partial charge in [-0.25, -0.2) is 0 Å². The standard InChI is InChI=1S/C19H18N2O2/c1-12(2)13-7-9-15(10-8-13)20-19(23)17-11-14-5-3-4-6-16(14)18(22)21-17/h3-12H,1-2H3,(H,20,23)(H,21,22). The quantitative estimate of drug-likeness (QED) is 0.771. The van der Waals surface area contributed by atoms with E-state index < -0.39 is 0 Å². The number of anilines is 1. The molecule has 0 saturated heterocycles. The largest absolute Gasteiger partial charge is 0.321 e. The number of aromatic nitrogens is 1. The number of carbonyl (C=O) groups is 1. The first-order chi connectivity index (χ1) is 11.0. The summed E-state index contributed by atoms with van der Waals surface area (Å²) in [6, 6.07) is 16.6. The number of rotatable bonds is 3. The summed E-state index contributed by atoms with van der Waals surface area (Å²) >= 11 is 0. The maximum Gasteiger partial charge on any atom is 0.272 e. The summed E-state index contributed by atoms with van der Waals surface area (Å²) in [7, 11) is 0. The highest BCUT2D eigenvalue weighted by Crippen LogP contribution is 2.18. The van der Waals surface area contributed by atoms with Crippen LogP contribution in [-0.4, -0.2) is 10.9 Å². The molecule has 0 fully saturated rings. The SMILES string of the molecule is CC(C)c1ccc(NC(=O)c2cc3ccccc3c(=O)[nH]2)cc1. The normalized spacial score (nSPS) is 10.9. The summed E-state index contributed by atoms with van der Waals surface area (Å²) in [6.45, 7) is 4.24. The molecule has 1 heterocycles. The lowest BCUT2D eigenvalue weighted by Gasteiger charge is -2.09. The highest BCUT2D eigenvalue weighted by atomic mass is 16.2. The number of nitrogens with one attached hydrogen (secondary N) is 2. The zero-order valence-corrected chi connectivity index (χ0v) is 13.1. The second-order valence-electron chi connectivity index (χ2n) is 5.83. The molecule has 116 valence electrons. The molecule has 3 aromatic rings. The van der Waals surface area contributed by atoms with Crippen molar-refractivity contribution in [1.82, 2.24) is 4.98 Å². The summed E-state index contributed by atoms with van der Waals surface area (Å²) in [5.74, 6) is 0.113. The van der Waals surface area contributed by atoms with Gasteiger partial charge in [-0.05, 0) is 41.1 Å². The lowest BCUT2D eigenvalue weighted by molar-refractivity contribution is 0.102. The van der Waals surface area contributed by atoms with E-state index in [4.69, 9.17) is 0 Å². The van der Waals surface area contributed by atoms with Gasteiger partial charge in [0, 0.05) is 11.1 Å². The zero-order valence-electron chi connectivity index (χ0n) is 13.1. The number of fused-ring (bicyclic) bond motifs is 1. The lowest BCUT2D eigenvalue weighted by Crippen LogP contribution is -2.18. The molecule has 1 amide bonds. The molecule has 0 saturated carbocycles. The van der Waals surface area contributed by atoms with Gasteiger partial charge >= 0.3 is 0 Å². The number of hydrogen-bond acceptors (Lipinski definition) is 2. The van der Waals surface area contributed by atoms with Crippen molar-refractivity contribution in [2.45, 2.75) is 19.8 Å². The van der Waals surface area contributed by atoms with E-state index in [1.807, 2.05) is 36.4 Å². The third kappa shape index (κ3) is 3.16. The van der Waals surface area contributed by atoms with Crippen LogP contribution in [0.4, 0.5) is 5.69 Å². The highest BCUT2D eigenvalue weighted by Gasteiger charge is 2.10. The monoisotopic (exact) mass is 306 g/mol. The van der Waals surface area contributed by atoms with Crippen LogP contribution in [0.15, 0.2) is 59.4 Å². The molecule has 2 aromatic carbocycles. The van der Waals surface area contributed by atoms with E-state index in [0.717, 1.165) is 5.39 Å². The number of carbonyl (C=O) groups excluding carboxylic acids is 1. The van der Waals surface area contributed by atoms with Crippen LogP contribution < -0.4 is 10.9 Å². The van der Waals surface area contributed by atoms with Gasteiger partial charge in [0.2, 0.25) is 0 Å². The molecule has 0 aliphatic heterocycles. The van der Waals surface area contributed by atoms with E-state index in [1.165, 1.54) is 5.56 Å². The topological polar surface area (TPSA) is 62.0 Å². The number of pyridine rings is 1. The first kappa shape index (κ1) is 15.0. The van der Waals surface area contributed by atoms with Crippen molar-refractivity contribution in [2.75, 3.05) is 5.32 Å². The average molecular weight is 306 g/mol. The van der Waals surface area contributed by atoms with Crippen molar-refractivity contribution in [3.05, 3.63) is 76.2 Å². The maximum atomic E-state index is 12.3. The minimum atomic E-state index is -0.329. The van der Waals surface area contributed by atoms with Gasteiger partial charge in [0.1, 0.15) is 5.69 Å². The summed E-state index contributed by atoms with van der Waals surface area (Å²) in [5.41, 5.74) is 1.90. The molecule has 0 aliphatic carbocycles. The lowest BCUT2D eigenvalue weighted by atomic mass is 10.0. The van der Waals surface area contributed by atoms with Crippen LogP contribution in [0.1, 0.15) is 35.8 Å². The molecule has 0 aliphatic rings. The van der Waals surface area contributed by atoms with Gasteiger partial charge in [0.15, 0.2) is 0 Å². The third-order valence-electron chi connectivity index (χ3n) is 3.83. The molecular weight excluding hydrogens is 288 g/mol. The first-order valence-electron chi connectivity index (χ1n) is 7.58. The molecule has 23 heavy (non-hydrogen) atoms. The Kier molecular flexibility index (Phi) is 3.98. The Hall–Kier alpha value is -2.88. The number of aromatic amines is 1. The fourth-order valence-corrected chi connectivity index (χ4v) is 2.48. The predicted molar refractivity (Wildman–Crippen MR) is 93.1 cm³/mol. The van der Waals surface area contributed by atoms with Gasteiger partial charge in [0.05, 0.1) is 0 Å². The minimum absolute atomic E-state index is 0.252. The van der Waals surface area contributed by atoms with Crippen molar-refractivity contribution in [1.29, 1.82) is 0 Å². The van der Waals surface area contributed by atoms with Gasteiger partial charge in [0.25, 0.3) is 11.5 Å². The second kappa shape index (κ2) is 6.08. The Balaban J connectivity index is 1.87. The predicted octanol–water partition coefficient (Wildman–Crippen LogP) is 3.90. The van der Waals surface area contributed by atoms with Crippen LogP contribution in [0.3, 0.4) is 0 Å². The van der Waals surface area contributed by atoms with Gasteiger partial charge in [-0.2, -0.15) is 0 Å². The molecule has 3 rings (SSSR count). The summed E-state index contributed by atoms with van der Waals surface area (Å²) < 4.78 is 0. The number of benzene rings is 2. The molecule has 0 radical (unpaired) electrons. The Morgan fingerprint density at radius 2 is 1.74 bits per heavy atom. The molecule has 0 bridgehead atoms. The zero-order chi connectivity index (χ0) is 16.4. The first-order valence-corrected chi connectivity index (χ1v) is 7.58. The molecule has 2 N–H and O–H groups in total. The highest BCUT2D eigenvalue weighted by molar-refractivity contribution is 6.04. The van der Waals surface area contributed by atoms with E-state index in [-0.39, 0.29) is 17.2 Å². The molecular formula is C19H18N2O2. The van der Waals surface area contributed by atoms with Crippen LogP contribution in [0.25, 0.3) is 10.8 Å². The smallest absolute Gasteiger partial charge is 0.272 e. The molecule has 4 nitrogen and oxygen atoms in total. The fourth-order valence-electron chi connectivity index (χ4n) is 2.48. The van der Waals surface area contributed by atoms with Gasteiger partial charge < -0.3 is 10.3 Å². The van der Waals surface area contributed by atoms with Crippen molar-refractivity contribution in [3.63, 3.8) is 0 Å². The van der Waals surface area contributed by atoms with Crippen molar-refractivity contribution in [2.24, 2.45) is 0 Å². The summed E-state index contributed by atoms with van der Waals surface area (Å²) in [6.07, 6.45) is 0. The van der Waals surface area contributed by atoms with Gasteiger partial charge in [-0.1, -0.05) is 44.2 Å². The maximum absolute atomic E-state index is 12.3. The van der Waals surface area contributed by atoms with E-state index in [0.29, 0.717) is 17.0 Å². The van der Waals surface area contributed by atoms with Crippen LogP contribution >= 0.6 is 0 Å². The van der Waals surface area contributed by atoms with Crippen molar-refractivity contribution in [3.8, 4) is 0 Å². The van der Waals surface area contributed by atoms with Gasteiger partial charge in [-0.3, -0.25) is 9.59 Å². The van der Waals surface area contributed by atoms with Crippen LogP contribution in [0.2, 0.25) is 0 Å². The van der Waals surface area contributed by atoms with Crippen LogP contribution in [-0.2, 0) is 0 Å². The Morgan fingerprint density at radius 3 is 2.43 bits per heavy atom. The van der Waals surface area contributed by atoms with E-state index in [9.17, 15) is 9.59 Å². The number of H-pyrrole nitrogens is 1. The molecule has 0 unspecified atom stereocenters.